The highest BCUT2D eigenvalue weighted by atomic mass is 35.5. The molecule has 2 rings (SSSR count). The number of hydrogen-bond donors (Lipinski definition) is 0. The average molecular weight is 299 g/mol. The van der Waals surface area contributed by atoms with E-state index in [-0.39, 0.29) is 0 Å². The fourth-order valence-electron chi connectivity index (χ4n) is 3.34. The molecule has 1 aliphatic rings. The summed E-state index contributed by atoms with van der Waals surface area (Å²) in [6.45, 7) is 4.61. The van der Waals surface area contributed by atoms with Crippen LogP contribution in [0.2, 0.25) is 10.0 Å². The van der Waals surface area contributed by atoms with Gasteiger partial charge >= 0.3 is 0 Å². The van der Waals surface area contributed by atoms with Gasteiger partial charge in [-0.05, 0) is 54.4 Å². The van der Waals surface area contributed by atoms with Crippen LogP contribution in [0, 0.1) is 5.92 Å². The summed E-state index contributed by atoms with van der Waals surface area (Å²) in [5.74, 6) is 0.758. The van der Waals surface area contributed by atoms with E-state index in [2.05, 4.69) is 26.0 Å². The van der Waals surface area contributed by atoms with E-state index in [4.69, 9.17) is 23.2 Å². The predicted octanol–water partition coefficient (Wildman–Crippen LogP) is 6.63. The van der Waals surface area contributed by atoms with E-state index in [9.17, 15) is 0 Å². The van der Waals surface area contributed by atoms with Crippen LogP contribution in [-0.2, 0) is 5.41 Å². The number of benzene rings is 1. The molecule has 0 spiro atoms. The quantitative estimate of drug-likeness (QED) is 0.585. The first-order valence-electron chi connectivity index (χ1n) is 7.48. The molecule has 19 heavy (non-hydrogen) atoms. The van der Waals surface area contributed by atoms with Crippen LogP contribution < -0.4 is 0 Å². The summed E-state index contributed by atoms with van der Waals surface area (Å²) in [6, 6.07) is 6.11. The summed E-state index contributed by atoms with van der Waals surface area (Å²) in [5, 5.41) is 1.55. The van der Waals surface area contributed by atoms with Gasteiger partial charge in [-0.15, -0.1) is 0 Å². The normalized spacial score (nSPS) is 18.8. The van der Waals surface area contributed by atoms with Crippen LogP contribution >= 0.6 is 23.2 Å². The maximum atomic E-state index is 6.21. The van der Waals surface area contributed by atoms with Gasteiger partial charge in [0.05, 0.1) is 0 Å². The van der Waals surface area contributed by atoms with Crippen LogP contribution in [0.4, 0.5) is 0 Å². The Morgan fingerprint density at radius 2 is 1.58 bits per heavy atom. The maximum Gasteiger partial charge on any atom is 0.0423 e. The van der Waals surface area contributed by atoms with Gasteiger partial charge in [0.25, 0.3) is 0 Å². The Balaban J connectivity index is 2.30. The zero-order valence-electron chi connectivity index (χ0n) is 12.0. The third-order valence-electron chi connectivity index (χ3n) is 4.49. The van der Waals surface area contributed by atoms with Gasteiger partial charge in [0.1, 0.15) is 0 Å². The first kappa shape index (κ1) is 15.2. The van der Waals surface area contributed by atoms with Crippen molar-refractivity contribution in [2.45, 2.75) is 64.2 Å². The molecule has 1 aliphatic carbocycles. The van der Waals surface area contributed by atoms with Crippen molar-refractivity contribution in [2.75, 3.05) is 0 Å². The second-order valence-corrected chi connectivity index (χ2v) is 7.30. The number of halogens is 2. The monoisotopic (exact) mass is 298 g/mol. The molecule has 0 bridgehead atoms. The van der Waals surface area contributed by atoms with Gasteiger partial charge in [0, 0.05) is 10.0 Å². The Morgan fingerprint density at radius 3 is 2.11 bits per heavy atom. The van der Waals surface area contributed by atoms with Crippen molar-refractivity contribution in [2.24, 2.45) is 5.92 Å². The summed E-state index contributed by atoms with van der Waals surface area (Å²) < 4.78 is 0. The van der Waals surface area contributed by atoms with Gasteiger partial charge in [-0.1, -0.05) is 62.7 Å². The molecule has 1 aromatic carbocycles. The molecule has 0 nitrogen and oxygen atoms in total. The zero-order chi connectivity index (χ0) is 13.9. The minimum Gasteiger partial charge on any atom is -0.0843 e. The van der Waals surface area contributed by atoms with Gasteiger partial charge in [0.2, 0.25) is 0 Å². The van der Waals surface area contributed by atoms with Crippen molar-refractivity contribution < 1.29 is 0 Å². The lowest BCUT2D eigenvalue weighted by atomic mass is 9.66. The molecule has 0 saturated heterocycles. The molecular weight excluding hydrogens is 275 g/mol. The fraction of sp³-hybridized carbons (Fsp3) is 0.647. The molecular formula is C17H24Cl2. The van der Waals surface area contributed by atoms with E-state index in [1.54, 1.807) is 0 Å². The predicted molar refractivity (Wildman–Crippen MR) is 85.3 cm³/mol. The summed E-state index contributed by atoms with van der Waals surface area (Å²) in [7, 11) is 0. The van der Waals surface area contributed by atoms with Crippen LogP contribution in [0.3, 0.4) is 0 Å². The summed E-state index contributed by atoms with van der Waals surface area (Å²) in [6.07, 6.45) is 9.17. The third-order valence-corrected chi connectivity index (χ3v) is 4.92. The largest absolute Gasteiger partial charge is 0.0843 e. The van der Waals surface area contributed by atoms with Crippen molar-refractivity contribution in [3.05, 3.63) is 33.8 Å². The van der Waals surface area contributed by atoms with E-state index in [1.807, 2.05) is 6.07 Å². The fourth-order valence-corrected chi connectivity index (χ4v) is 3.86. The van der Waals surface area contributed by atoms with E-state index >= 15 is 0 Å². The first-order valence-corrected chi connectivity index (χ1v) is 8.24. The van der Waals surface area contributed by atoms with Crippen LogP contribution in [-0.4, -0.2) is 0 Å². The van der Waals surface area contributed by atoms with Crippen molar-refractivity contribution in [1.29, 1.82) is 0 Å². The lowest BCUT2D eigenvalue weighted by Gasteiger charge is -2.39. The zero-order valence-corrected chi connectivity index (χ0v) is 13.5. The minimum atomic E-state index is 0.317. The van der Waals surface area contributed by atoms with Gasteiger partial charge in [0.15, 0.2) is 0 Å². The Labute approximate surface area is 127 Å². The van der Waals surface area contributed by atoms with Crippen molar-refractivity contribution in [3.8, 4) is 0 Å². The lowest BCUT2D eigenvalue weighted by molar-refractivity contribution is 0.257. The molecule has 2 heteroatoms. The highest BCUT2D eigenvalue weighted by molar-refractivity contribution is 6.34. The molecule has 1 aromatic rings. The van der Waals surface area contributed by atoms with E-state index in [0.717, 1.165) is 16.0 Å². The Hall–Kier alpha value is -0.200. The summed E-state index contributed by atoms with van der Waals surface area (Å²) >= 11 is 12.4. The SMILES string of the molecule is CC(C)CCC1(c2cc(Cl)cc(Cl)c2)CCCCC1. The topological polar surface area (TPSA) is 0 Å². The second-order valence-electron chi connectivity index (χ2n) is 6.43. The van der Waals surface area contributed by atoms with E-state index in [0.29, 0.717) is 5.41 Å². The number of rotatable bonds is 4. The molecule has 0 heterocycles. The van der Waals surface area contributed by atoms with Crippen molar-refractivity contribution in [3.63, 3.8) is 0 Å². The van der Waals surface area contributed by atoms with Crippen molar-refractivity contribution >= 4 is 23.2 Å². The lowest BCUT2D eigenvalue weighted by Crippen LogP contribution is -2.29. The maximum absolute atomic E-state index is 6.21. The molecule has 1 fully saturated rings. The molecule has 1 saturated carbocycles. The average Bonchev–Trinajstić information content (AvgIpc) is 2.36. The molecule has 0 amide bonds. The van der Waals surface area contributed by atoms with E-state index in [1.165, 1.54) is 50.5 Å². The van der Waals surface area contributed by atoms with Gasteiger partial charge in [-0.25, -0.2) is 0 Å². The molecule has 0 unspecified atom stereocenters. The second kappa shape index (κ2) is 6.50. The molecule has 106 valence electrons. The van der Waals surface area contributed by atoms with Crippen LogP contribution in [0.25, 0.3) is 0 Å². The smallest absolute Gasteiger partial charge is 0.0423 e. The first-order chi connectivity index (χ1) is 9.02. The number of hydrogen-bond acceptors (Lipinski definition) is 0. The Kier molecular flexibility index (Phi) is 5.20. The molecule has 0 radical (unpaired) electrons. The standard InChI is InChI=1S/C17H24Cl2/c1-13(2)6-9-17(7-4-3-5-8-17)14-10-15(18)12-16(19)11-14/h10-13H,3-9H2,1-2H3. The molecule has 0 aromatic heterocycles. The van der Waals surface area contributed by atoms with Gasteiger partial charge in [-0.2, -0.15) is 0 Å². The van der Waals surface area contributed by atoms with Gasteiger partial charge < -0.3 is 0 Å². The summed E-state index contributed by atoms with van der Waals surface area (Å²) in [4.78, 5) is 0. The molecule has 0 aliphatic heterocycles. The summed E-state index contributed by atoms with van der Waals surface area (Å²) in [5.41, 5.74) is 1.68. The van der Waals surface area contributed by atoms with Crippen molar-refractivity contribution in [1.82, 2.24) is 0 Å². The molecule has 0 atom stereocenters. The minimum absolute atomic E-state index is 0.317. The van der Waals surface area contributed by atoms with Crippen LogP contribution in [0.5, 0.6) is 0 Å². The van der Waals surface area contributed by atoms with Gasteiger partial charge in [-0.3, -0.25) is 0 Å². The van der Waals surface area contributed by atoms with Crippen LogP contribution in [0.15, 0.2) is 18.2 Å². The highest BCUT2D eigenvalue weighted by Gasteiger charge is 2.33. The highest BCUT2D eigenvalue weighted by Crippen LogP contribution is 2.45. The third kappa shape index (κ3) is 3.89. The Morgan fingerprint density at radius 1 is 1.00 bits per heavy atom. The molecule has 0 N–H and O–H groups in total. The van der Waals surface area contributed by atoms with Crippen LogP contribution in [0.1, 0.15) is 64.4 Å². The van der Waals surface area contributed by atoms with E-state index < -0.39 is 0 Å². The Bertz CT molecular complexity index is 397.